The van der Waals surface area contributed by atoms with Crippen molar-refractivity contribution >= 4 is 29.5 Å². The SMILES string of the molecule is C=[N+](Cc1ccccc1)C(=O)c1ccccc1CC/C=C/c1[c-]ccc2ccccc12.[U]. The van der Waals surface area contributed by atoms with Crippen LogP contribution < -0.4 is 0 Å². The molecule has 0 aliphatic carbocycles. The van der Waals surface area contributed by atoms with Gasteiger partial charge in [-0.05, 0) is 24.5 Å². The van der Waals surface area contributed by atoms with Gasteiger partial charge in [0, 0.05) is 36.7 Å². The standard InChI is InChI=1S/C29H25NO.U/c1-30(22-23-12-3-2-4-13-23)29(31)28-21-10-8-17-26(28)16-6-5-14-24-18-11-19-25-15-7-9-20-27(24)25;/h2-5,7-15,17,19-21H,1,6,16,22H2;/b14-5+;. The van der Waals surface area contributed by atoms with Crippen LogP contribution in [0.1, 0.15) is 33.5 Å². The van der Waals surface area contributed by atoms with Gasteiger partial charge in [0.05, 0.1) is 5.56 Å². The zero-order valence-electron chi connectivity index (χ0n) is 18.0. The Morgan fingerprint density at radius 1 is 0.906 bits per heavy atom. The Balaban J connectivity index is 0.00000289. The van der Waals surface area contributed by atoms with Gasteiger partial charge in [0.2, 0.25) is 0 Å². The third-order valence-electron chi connectivity index (χ3n) is 5.37. The molecule has 3 heteroatoms. The maximum absolute atomic E-state index is 13.0. The number of hydrogen-bond acceptors (Lipinski definition) is 1. The summed E-state index contributed by atoms with van der Waals surface area (Å²) in [7, 11) is 0. The van der Waals surface area contributed by atoms with Gasteiger partial charge in [-0.2, -0.15) is 4.58 Å². The molecule has 0 aromatic heterocycles. The van der Waals surface area contributed by atoms with Crippen molar-refractivity contribution in [2.24, 2.45) is 0 Å². The van der Waals surface area contributed by atoms with Crippen molar-refractivity contribution < 1.29 is 40.5 Å². The van der Waals surface area contributed by atoms with Crippen molar-refractivity contribution in [2.45, 2.75) is 19.4 Å². The van der Waals surface area contributed by atoms with E-state index in [9.17, 15) is 4.79 Å². The van der Waals surface area contributed by atoms with Crippen LogP contribution in [0.2, 0.25) is 0 Å². The van der Waals surface area contributed by atoms with E-state index in [1.165, 1.54) is 15.3 Å². The fourth-order valence-corrected chi connectivity index (χ4v) is 3.76. The Hall–Kier alpha value is -2.73. The van der Waals surface area contributed by atoms with Gasteiger partial charge < -0.3 is 0 Å². The maximum Gasteiger partial charge on any atom is 0.419 e. The second-order valence-electron chi connectivity index (χ2n) is 7.57. The molecular formula is C29H25NOU. The first-order chi connectivity index (χ1) is 15.2. The van der Waals surface area contributed by atoms with Gasteiger partial charge in [0.1, 0.15) is 6.72 Å². The van der Waals surface area contributed by atoms with Crippen molar-refractivity contribution in [3.63, 3.8) is 0 Å². The fourth-order valence-electron chi connectivity index (χ4n) is 3.76. The maximum atomic E-state index is 13.0. The van der Waals surface area contributed by atoms with Crippen LogP contribution >= 0.6 is 0 Å². The number of carbonyl (C=O) groups is 1. The van der Waals surface area contributed by atoms with Gasteiger partial charge in [-0.25, -0.2) is 4.79 Å². The number of amides is 1. The Labute approximate surface area is 213 Å². The third kappa shape index (κ3) is 5.94. The van der Waals surface area contributed by atoms with Crippen LogP contribution in [0, 0.1) is 37.2 Å². The van der Waals surface area contributed by atoms with Crippen LogP contribution in [0.3, 0.4) is 0 Å². The van der Waals surface area contributed by atoms with E-state index in [1.807, 2.05) is 66.7 Å². The summed E-state index contributed by atoms with van der Waals surface area (Å²) in [5.74, 6) is -0.0502. The Bertz CT molecular complexity index is 1240. The molecule has 0 aliphatic heterocycles. The summed E-state index contributed by atoms with van der Waals surface area (Å²) < 4.78 is 1.54. The smallest absolute Gasteiger partial charge is 0.214 e. The van der Waals surface area contributed by atoms with Crippen molar-refractivity contribution in [3.05, 3.63) is 125 Å². The molecule has 0 aliphatic rings. The summed E-state index contributed by atoms with van der Waals surface area (Å²) in [5, 5.41) is 2.41. The number of carbonyl (C=O) groups excluding carboxylic acids is 1. The molecule has 0 heterocycles. The molecule has 32 heavy (non-hydrogen) atoms. The molecule has 0 bridgehead atoms. The van der Waals surface area contributed by atoms with E-state index in [2.05, 4.69) is 49.2 Å². The molecule has 156 valence electrons. The number of nitrogens with zero attached hydrogens (tertiary/aromatic N) is 1. The van der Waals surface area contributed by atoms with E-state index in [-0.39, 0.29) is 37.0 Å². The van der Waals surface area contributed by atoms with Gasteiger partial charge >= 0.3 is 5.91 Å². The first kappa shape index (κ1) is 23.9. The number of allylic oxidation sites excluding steroid dienone is 1. The molecule has 4 rings (SSSR count). The Kier molecular flexibility index (Phi) is 8.80. The zero-order chi connectivity index (χ0) is 21.5. The van der Waals surface area contributed by atoms with E-state index in [0.29, 0.717) is 6.54 Å². The van der Waals surface area contributed by atoms with Crippen LogP contribution in [-0.4, -0.2) is 17.2 Å². The van der Waals surface area contributed by atoms with Crippen LogP contribution in [0.4, 0.5) is 0 Å². The minimum absolute atomic E-state index is 0. The Morgan fingerprint density at radius 2 is 1.62 bits per heavy atom. The van der Waals surface area contributed by atoms with Crippen LogP contribution in [-0.2, 0) is 13.0 Å². The van der Waals surface area contributed by atoms with Crippen LogP contribution in [0.25, 0.3) is 16.8 Å². The van der Waals surface area contributed by atoms with Gasteiger partial charge in [0.15, 0.2) is 6.54 Å². The summed E-state index contributed by atoms with van der Waals surface area (Å²) >= 11 is 0. The Morgan fingerprint density at radius 3 is 2.47 bits per heavy atom. The first-order valence-corrected chi connectivity index (χ1v) is 10.5. The van der Waals surface area contributed by atoms with E-state index in [0.717, 1.165) is 35.1 Å². The predicted molar refractivity (Wildman–Crippen MR) is 128 cm³/mol. The molecule has 0 saturated heterocycles. The predicted octanol–water partition coefficient (Wildman–Crippen LogP) is 6.34. The van der Waals surface area contributed by atoms with Crippen molar-refractivity contribution in [3.8, 4) is 0 Å². The molecule has 4 aromatic carbocycles. The average molecular weight is 642 g/mol. The molecule has 1 amide bonds. The quantitative estimate of drug-likeness (QED) is 0.131. The molecule has 0 unspecified atom stereocenters. The van der Waals surface area contributed by atoms with E-state index in [4.69, 9.17) is 0 Å². The van der Waals surface area contributed by atoms with Crippen molar-refractivity contribution in [1.82, 2.24) is 0 Å². The van der Waals surface area contributed by atoms with E-state index in [1.54, 1.807) is 0 Å². The molecule has 0 atom stereocenters. The summed E-state index contributed by atoms with van der Waals surface area (Å²) in [6.45, 7) is 4.47. The number of hydrogen-bond donors (Lipinski definition) is 0. The minimum Gasteiger partial charge on any atom is -0.214 e. The second kappa shape index (κ2) is 11.8. The summed E-state index contributed by atoms with van der Waals surface area (Å²) in [5.41, 5.74) is 3.92. The molecular weight excluding hydrogens is 616 g/mol. The largest absolute Gasteiger partial charge is 0.419 e. The molecule has 0 spiro atoms. The van der Waals surface area contributed by atoms with Gasteiger partial charge in [0.25, 0.3) is 0 Å². The zero-order valence-corrected chi connectivity index (χ0v) is 22.2. The topological polar surface area (TPSA) is 20.1 Å². The number of fused-ring (bicyclic) bond motifs is 1. The molecule has 0 fully saturated rings. The van der Waals surface area contributed by atoms with Crippen molar-refractivity contribution in [2.75, 3.05) is 0 Å². The van der Waals surface area contributed by atoms with Crippen LogP contribution in [0.15, 0.2) is 97.1 Å². The number of rotatable bonds is 7. The summed E-state index contributed by atoms with van der Waals surface area (Å²) in [4.78, 5) is 13.0. The minimum atomic E-state index is -0.0502. The summed E-state index contributed by atoms with van der Waals surface area (Å²) in [6.07, 6.45) is 5.92. The first-order valence-electron chi connectivity index (χ1n) is 10.5. The average Bonchev–Trinajstić information content (AvgIpc) is 2.82. The fraction of sp³-hybridized carbons (Fsp3) is 0.103. The molecule has 2 nitrogen and oxygen atoms in total. The van der Waals surface area contributed by atoms with Gasteiger partial charge in [-0.15, -0.1) is 46.7 Å². The number of aryl methyl sites for hydroxylation is 1. The molecule has 4 aromatic rings. The normalized spacial score (nSPS) is 10.8. The molecule has 0 N–H and O–H groups in total. The molecule has 0 saturated carbocycles. The van der Waals surface area contributed by atoms with E-state index < -0.39 is 0 Å². The summed E-state index contributed by atoms with van der Waals surface area (Å²) in [6, 6.07) is 33.4. The number of benzene rings is 4. The molecule has 0 radical (unpaired) electrons. The monoisotopic (exact) mass is 641 g/mol. The van der Waals surface area contributed by atoms with E-state index >= 15 is 0 Å². The third-order valence-corrected chi connectivity index (χ3v) is 5.37. The second-order valence-corrected chi connectivity index (χ2v) is 7.57. The van der Waals surface area contributed by atoms with Crippen LogP contribution in [0.5, 0.6) is 0 Å². The van der Waals surface area contributed by atoms with Gasteiger partial charge in [-0.3, -0.25) is 0 Å². The van der Waals surface area contributed by atoms with Crippen molar-refractivity contribution in [1.29, 1.82) is 0 Å². The van der Waals surface area contributed by atoms with Gasteiger partial charge in [-0.1, -0.05) is 72.8 Å².